The molecule has 108 valence electrons. The van der Waals surface area contributed by atoms with Crippen LogP contribution in [0, 0.1) is 5.41 Å². The summed E-state index contributed by atoms with van der Waals surface area (Å²) in [5.41, 5.74) is 0.0930. The van der Waals surface area contributed by atoms with Crippen LogP contribution < -0.4 is 10.2 Å². The number of carboxylic acid groups (broad SMARTS) is 1. The lowest BCUT2D eigenvalue weighted by Gasteiger charge is -2.37. The second-order valence-electron chi connectivity index (χ2n) is 5.46. The number of hydrogen-bond acceptors (Lipinski definition) is 3. The van der Waals surface area contributed by atoms with E-state index in [-0.39, 0.29) is 12.5 Å². The predicted octanol–water partition coefficient (Wildman–Crippen LogP) is 1.49. The summed E-state index contributed by atoms with van der Waals surface area (Å²) in [6.45, 7) is 3.10. The van der Waals surface area contributed by atoms with E-state index < -0.39 is 11.4 Å². The van der Waals surface area contributed by atoms with E-state index in [9.17, 15) is 9.59 Å². The highest BCUT2D eigenvalue weighted by Crippen LogP contribution is 2.30. The van der Waals surface area contributed by atoms with Gasteiger partial charge in [-0.15, -0.1) is 0 Å². The van der Waals surface area contributed by atoms with Gasteiger partial charge < -0.3 is 15.3 Å². The van der Waals surface area contributed by atoms with Gasteiger partial charge in [0.05, 0.1) is 5.41 Å². The van der Waals surface area contributed by atoms with Crippen LogP contribution in [0.1, 0.15) is 19.8 Å². The number of nitrogens with zero attached hydrogens (tertiary/aromatic N) is 1. The van der Waals surface area contributed by atoms with Gasteiger partial charge in [-0.1, -0.05) is 18.2 Å². The van der Waals surface area contributed by atoms with Crippen LogP contribution in [0.2, 0.25) is 0 Å². The van der Waals surface area contributed by atoms with Gasteiger partial charge in [0.2, 0.25) is 5.91 Å². The summed E-state index contributed by atoms with van der Waals surface area (Å²) in [7, 11) is 0. The van der Waals surface area contributed by atoms with Crippen molar-refractivity contribution in [3.05, 3.63) is 30.3 Å². The van der Waals surface area contributed by atoms with E-state index in [1.807, 2.05) is 13.0 Å². The first-order chi connectivity index (χ1) is 9.53. The second kappa shape index (κ2) is 6.05. The van der Waals surface area contributed by atoms with Crippen molar-refractivity contribution in [3.8, 4) is 0 Å². The number of nitrogens with one attached hydrogen (secondary N) is 1. The topological polar surface area (TPSA) is 69.6 Å². The lowest BCUT2D eigenvalue weighted by atomic mass is 9.81. The van der Waals surface area contributed by atoms with Crippen LogP contribution >= 0.6 is 0 Å². The smallest absolute Gasteiger partial charge is 0.323 e. The molecule has 2 rings (SSSR count). The Morgan fingerprint density at radius 1 is 1.35 bits per heavy atom. The van der Waals surface area contributed by atoms with E-state index >= 15 is 0 Å². The first-order valence-corrected chi connectivity index (χ1v) is 6.82. The predicted molar refractivity (Wildman–Crippen MR) is 76.6 cm³/mol. The van der Waals surface area contributed by atoms with Gasteiger partial charge in [-0.05, 0) is 38.4 Å². The monoisotopic (exact) mass is 276 g/mol. The summed E-state index contributed by atoms with van der Waals surface area (Å²) in [5, 5.41) is 12.3. The van der Waals surface area contributed by atoms with Gasteiger partial charge in [0.15, 0.2) is 0 Å². The zero-order valence-electron chi connectivity index (χ0n) is 11.6. The molecule has 1 aromatic rings. The van der Waals surface area contributed by atoms with Crippen LogP contribution in [0.4, 0.5) is 5.69 Å². The number of rotatable bonds is 4. The zero-order valence-corrected chi connectivity index (χ0v) is 11.6. The number of anilines is 1. The molecule has 2 N–H and O–H groups in total. The van der Waals surface area contributed by atoms with Crippen LogP contribution in [-0.4, -0.2) is 36.6 Å². The number of para-hydroxylation sites is 1. The third-order valence-electron chi connectivity index (χ3n) is 3.72. The van der Waals surface area contributed by atoms with E-state index in [4.69, 9.17) is 5.11 Å². The normalized spacial score (nSPS) is 22.2. The number of piperidine rings is 1. The molecule has 1 aliphatic rings. The highest BCUT2D eigenvalue weighted by molar-refractivity contribution is 6.00. The summed E-state index contributed by atoms with van der Waals surface area (Å²) in [5.74, 6) is -1.13. The molecule has 1 saturated heterocycles. The maximum Gasteiger partial charge on any atom is 0.323 e. The van der Waals surface area contributed by atoms with Gasteiger partial charge in [0.25, 0.3) is 0 Å². The molecule has 0 radical (unpaired) electrons. The largest absolute Gasteiger partial charge is 0.480 e. The first-order valence-electron chi connectivity index (χ1n) is 6.82. The molecule has 1 atom stereocenters. The number of hydrogen-bond donors (Lipinski definition) is 2. The average molecular weight is 276 g/mol. The number of amides is 1. The molecule has 1 amide bonds. The van der Waals surface area contributed by atoms with Crippen molar-refractivity contribution < 1.29 is 14.7 Å². The van der Waals surface area contributed by atoms with Gasteiger partial charge in [-0.25, -0.2) is 0 Å². The molecule has 0 spiro atoms. The first kappa shape index (κ1) is 14.5. The van der Waals surface area contributed by atoms with Gasteiger partial charge in [0, 0.05) is 12.2 Å². The van der Waals surface area contributed by atoms with Crippen molar-refractivity contribution in [1.29, 1.82) is 0 Å². The number of carboxylic acids is 1. The second-order valence-corrected chi connectivity index (χ2v) is 5.46. The molecule has 1 aliphatic heterocycles. The van der Waals surface area contributed by atoms with Crippen LogP contribution in [0.15, 0.2) is 30.3 Å². The Morgan fingerprint density at radius 2 is 2.05 bits per heavy atom. The van der Waals surface area contributed by atoms with Gasteiger partial charge in [-0.3, -0.25) is 9.59 Å². The number of carbonyl (C=O) groups excluding carboxylic acids is 1. The van der Waals surface area contributed by atoms with Crippen molar-refractivity contribution in [3.63, 3.8) is 0 Å². The molecular formula is C15H20N2O3. The molecule has 0 aliphatic carbocycles. The fraction of sp³-hybridized carbons (Fsp3) is 0.467. The minimum Gasteiger partial charge on any atom is -0.480 e. The minimum absolute atomic E-state index is 0.127. The maximum atomic E-state index is 12.8. The molecule has 1 unspecified atom stereocenters. The van der Waals surface area contributed by atoms with Crippen LogP contribution in [0.25, 0.3) is 0 Å². The summed E-state index contributed by atoms with van der Waals surface area (Å²) in [6, 6.07) is 8.98. The fourth-order valence-corrected chi connectivity index (χ4v) is 2.59. The summed E-state index contributed by atoms with van der Waals surface area (Å²) in [4.78, 5) is 25.2. The van der Waals surface area contributed by atoms with Crippen molar-refractivity contribution in [2.75, 3.05) is 24.5 Å². The molecule has 0 saturated carbocycles. The Balaban J connectivity index is 2.26. The molecule has 5 nitrogen and oxygen atoms in total. The molecule has 1 heterocycles. The minimum atomic E-state index is -1.01. The van der Waals surface area contributed by atoms with Crippen LogP contribution in [0.3, 0.4) is 0 Å². The molecule has 0 aromatic heterocycles. The highest BCUT2D eigenvalue weighted by atomic mass is 16.4. The Bertz CT molecular complexity index is 481. The van der Waals surface area contributed by atoms with Gasteiger partial charge in [0.1, 0.15) is 6.54 Å². The van der Waals surface area contributed by atoms with Crippen molar-refractivity contribution in [2.24, 2.45) is 5.41 Å². The molecule has 1 fully saturated rings. The van der Waals surface area contributed by atoms with Crippen molar-refractivity contribution >= 4 is 17.6 Å². The summed E-state index contributed by atoms with van der Waals surface area (Å²) >= 11 is 0. The molecule has 20 heavy (non-hydrogen) atoms. The summed E-state index contributed by atoms with van der Waals surface area (Å²) in [6.07, 6.45) is 1.71. The van der Waals surface area contributed by atoms with Crippen molar-refractivity contribution in [2.45, 2.75) is 19.8 Å². The zero-order chi connectivity index (χ0) is 14.6. The quantitative estimate of drug-likeness (QED) is 0.874. The molecular weight excluding hydrogens is 256 g/mol. The Morgan fingerprint density at radius 3 is 2.60 bits per heavy atom. The number of benzene rings is 1. The highest BCUT2D eigenvalue weighted by Gasteiger charge is 2.38. The Kier molecular flexibility index (Phi) is 4.39. The molecule has 5 heteroatoms. The van der Waals surface area contributed by atoms with Crippen LogP contribution in [0.5, 0.6) is 0 Å². The van der Waals surface area contributed by atoms with E-state index in [0.717, 1.165) is 19.4 Å². The maximum absolute atomic E-state index is 12.8. The third-order valence-corrected chi connectivity index (χ3v) is 3.72. The summed E-state index contributed by atoms with van der Waals surface area (Å²) < 4.78 is 0. The standard InChI is InChI=1S/C15H20N2O3/c1-15(8-5-9-16-11-15)14(20)17(10-13(18)19)12-6-3-2-4-7-12/h2-4,6-7,16H,5,8-11H2,1H3,(H,18,19). The van der Waals surface area contributed by atoms with E-state index in [1.54, 1.807) is 24.3 Å². The SMILES string of the molecule is CC1(C(=O)N(CC(=O)O)c2ccccc2)CCCNC1. The lowest BCUT2D eigenvalue weighted by molar-refractivity contribution is -0.138. The van der Waals surface area contributed by atoms with E-state index in [0.29, 0.717) is 12.2 Å². The Labute approximate surface area is 118 Å². The van der Waals surface area contributed by atoms with Gasteiger partial charge >= 0.3 is 5.97 Å². The lowest BCUT2D eigenvalue weighted by Crippen LogP contribution is -2.51. The van der Waals surface area contributed by atoms with E-state index in [1.165, 1.54) is 4.90 Å². The average Bonchev–Trinajstić information content (AvgIpc) is 2.45. The Hall–Kier alpha value is -1.88. The van der Waals surface area contributed by atoms with E-state index in [2.05, 4.69) is 5.32 Å². The fourth-order valence-electron chi connectivity index (χ4n) is 2.59. The van der Waals surface area contributed by atoms with Crippen LogP contribution in [-0.2, 0) is 9.59 Å². The van der Waals surface area contributed by atoms with Crippen molar-refractivity contribution in [1.82, 2.24) is 5.32 Å². The molecule has 1 aromatic carbocycles. The number of aliphatic carboxylic acids is 1. The van der Waals surface area contributed by atoms with Gasteiger partial charge in [-0.2, -0.15) is 0 Å². The molecule has 0 bridgehead atoms. The number of carbonyl (C=O) groups is 2. The third kappa shape index (κ3) is 3.17.